The van der Waals surface area contributed by atoms with Gasteiger partial charge in [-0.2, -0.15) is 0 Å². The van der Waals surface area contributed by atoms with Crippen LogP contribution in [0.15, 0.2) is 57.0 Å². The van der Waals surface area contributed by atoms with Crippen LogP contribution in [0.3, 0.4) is 0 Å². The van der Waals surface area contributed by atoms with Crippen LogP contribution in [0.25, 0.3) is 0 Å². The summed E-state index contributed by atoms with van der Waals surface area (Å²) in [5.74, 6) is -0.541. The number of nitrogens with zero attached hydrogens (tertiary/aromatic N) is 3. The zero-order chi connectivity index (χ0) is 25.0. The first-order valence-corrected chi connectivity index (χ1v) is 11.5. The number of aliphatic imine (C=N–C) groups is 1. The first-order chi connectivity index (χ1) is 16.1. The molecule has 0 atom stereocenters. The molecule has 9 nitrogen and oxygen atoms in total. The maximum atomic E-state index is 12.9. The molecule has 0 spiro atoms. The van der Waals surface area contributed by atoms with Gasteiger partial charge >= 0.3 is 5.69 Å². The number of aromatic nitrogens is 2. The lowest BCUT2D eigenvalue weighted by Gasteiger charge is -2.13. The van der Waals surface area contributed by atoms with Gasteiger partial charge in [-0.05, 0) is 42.5 Å². The van der Waals surface area contributed by atoms with Gasteiger partial charge < -0.3 is 15.2 Å². The van der Waals surface area contributed by atoms with Crippen molar-refractivity contribution in [1.29, 1.82) is 0 Å². The van der Waals surface area contributed by atoms with E-state index >= 15 is 0 Å². The number of carbonyl (C=O) groups is 1. The molecule has 178 valence electrons. The van der Waals surface area contributed by atoms with E-state index in [4.69, 9.17) is 27.9 Å². The standard InChI is InChI=1S/C22H20Cl2N4O5S/c1-27-20(30)18(21(31)28(2)22(27)32)19(26-14-4-6-16(33-3)7-5-14)34-11-17(29)25-15-9-12(23)8-13(24)10-15/h4-10,30H,11H2,1-3H3,(H,25,29). The summed E-state index contributed by atoms with van der Waals surface area (Å²) in [6.07, 6.45) is 0. The number of hydrogen-bond donors (Lipinski definition) is 2. The first kappa shape index (κ1) is 25.4. The van der Waals surface area contributed by atoms with Crippen LogP contribution in [0.5, 0.6) is 11.6 Å². The first-order valence-electron chi connectivity index (χ1n) is 9.71. The van der Waals surface area contributed by atoms with Crippen molar-refractivity contribution in [3.63, 3.8) is 0 Å². The van der Waals surface area contributed by atoms with Gasteiger partial charge in [0, 0.05) is 29.8 Å². The van der Waals surface area contributed by atoms with Gasteiger partial charge in [-0.15, -0.1) is 0 Å². The number of benzene rings is 2. The third-order valence-electron chi connectivity index (χ3n) is 4.64. The zero-order valence-corrected chi connectivity index (χ0v) is 20.7. The monoisotopic (exact) mass is 522 g/mol. The second-order valence-electron chi connectivity index (χ2n) is 7.01. The van der Waals surface area contributed by atoms with Crippen LogP contribution < -0.4 is 21.3 Å². The van der Waals surface area contributed by atoms with Crippen LogP contribution in [0.1, 0.15) is 5.56 Å². The summed E-state index contributed by atoms with van der Waals surface area (Å²) in [6, 6.07) is 11.3. The lowest BCUT2D eigenvalue weighted by molar-refractivity contribution is -0.113. The molecular weight excluding hydrogens is 503 g/mol. The van der Waals surface area contributed by atoms with Crippen molar-refractivity contribution in [3.05, 3.63) is 78.9 Å². The zero-order valence-electron chi connectivity index (χ0n) is 18.3. The molecule has 0 aliphatic rings. The highest BCUT2D eigenvalue weighted by Gasteiger charge is 2.22. The second-order valence-corrected chi connectivity index (χ2v) is 8.85. The topological polar surface area (TPSA) is 115 Å². The number of hydrogen-bond acceptors (Lipinski definition) is 7. The van der Waals surface area contributed by atoms with Gasteiger partial charge in [-0.25, -0.2) is 9.79 Å². The number of carbonyl (C=O) groups excluding carboxylic acids is 1. The smallest absolute Gasteiger partial charge is 0.333 e. The third kappa shape index (κ3) is 5.82. The fraction of sp³-hybridized carbons (Fsp3) is 0.182. The number of ether oxygens (including phenoxy) is 1. The Hall–Kier alpha value is -3.21. The molecule has 2 aromatic carbocycles. The molecule has 3 aromatic rings. The third-order valence-corrected chi connectivity index (χ3v) is 6.05. The average Bonchev–Trinajstić information content (AvgIpc) is 2.79. The van der Waals surface area contributed by atoms with E-state index < -0.39 is 23.0 Å². The maximum absolute atomic E-state index is 12.9. The van der Waals surface area contributed by atoms with Crippen molar-refractivity contribution in [2.45, 2.75) is 0 Å². The fourth-order valence-corrected chi connectivity index (χ4v) is 4.27. The molecule has 0 fully saturated rings. The summed E-state index contributed by atoms with van der Waals surface area (Å²) < 4.78 is 6.92. The van der Waals surface area contributed by atoms with Gasteiger partial charge in [0.15, 0.2) is 0 Å². The van der Waals surface area contributed by atoms with Crippen LogP contribution in [0.2, 0.25) is 10.0 Å². The molecule has 0 saturated carbocycles. The molecule has 1 heterocycles. The Labute approximate surface area is 208 Å². The van der Waals surface area contributed by atoms with Crippen molar-refractivity contribution in [1.82, 2.24) is 9.13 Å². The number of halogens is 2. The van der Waals surface area contributed by atoms with Crippen molar-refractivity contribution in [2.75, 3.05) is 18.2 Å². The van der Waals surface area contributed by atoms with Crippen LogP contribution in [0, 0.1) is 0 Å². The van der Waals surface area contributed by atoms with Gasteiger partial charge in [-0.1, -0.05) is 35.0 Å². The van der Waals surface area contributed by atoms with Crippen LogP contribution in [-0.2, 0) is 18.9 Å². The van der Waals surface area contributed by atoms with Gasteiger partial charge in [0.1, 0.15) is 16.4 Å². The fourth-order valence-electron chi connectivity index (χ4n) is 2.91. The summed E-state index contributed by atoms with van der Waals surface area (Å²) in [6.45, 7) is 0. The van der Waals surface area contributed by atoms with E-state index in [1.165, 1.54) is 39.4 Å². The summed E-state index contributed by atoms with van der Waals surface area (Å²) in [7, 11) is 4.14. The van der Waals surface area contributed by atoms with Crippen LogP contribution in [-0.4, -0.2) is 38.1 Å². The predicted octanol–water partition coefficient (Wildman–Crippen LogP) is 3.56. The van der Waals surface area contributed by atoms with Crippen LogP contribution in [0.4, 0.5) is 11.4 Å². The molecule has 0 radical (unpaired) electrons. The highest BCUT2D eigenvalue weighted by Crippen LogP contribution is 2.26. The Morgan fingerprint density at radius 2 is 1.71 bits per heavy atom. The van der Waals surface area contributed by atoms with Gasteiger partial charge in [0.05, 0.1) is 18.6 Å². The molecule has 0 unspecified atom stereocenters. The Kier molecular flexibility index (Phi) is 8.08. The van der Waals surface area contributed by atoms with E-state index in [-0.39, 0.29) is 16.4 Å². The molecule has 0 bridgehead atoms. The molecular formula is C22H20Cl2N4O5S. The quantitative estimate of drug-likeness (QED) is 0.377. The maximum Gasteiger partial charge on any atom is 0.333 e. The highest BCUT2D eigenvalue weighted by atomic mass is 35.5. The minimum atomic E-state index is -0.748. The van der Waals surface area contributed by atoms with Gasteiger partial charge in [-0.3, -0.25) is 18.7 Å². The molecule has 0 aliphatic carbocycles. The number of nitrogens with one attached hydrogen (secondary N) is 1. The average molecular weight is 523 g/mol. The number of methoxy groups -OCH3 is 1. The number of amides is 1. The van der Waals surface area contributed by atoms with Gasteiger partial charge in [0.25, 0.3) is 5.56 Å². The number of anilines is 1. The molecule has 1 amide bonds. The minimum absolute atomic E-state index is 0.0538. The number of thioether (sulfide) groups is 1. The van der Waals surface area contributed by atoms with Crippen molar-refractivity contribution in [3.8, 4) is 11.6 Å². The van der Waals surface area contributed by atoms with Crippen molar-refractivity contribution < 1.29 is 14.6 Å². The molecule has 34 heavy (non-hydrogen) atoms. The Bertz CT molecular complexity index is 1360. The van der Waals surface area contributed by atoms with Crippen molar-refractivity contribution in [2.24, 2.45) is 19.1 Å². The highest BCUT2D eigenvalue weighted by molar-refractivity contribution is 8.15. The number of aromatic hydroxyl groups is 1. The summed E-state index contributed by atoms with van der Waals surface area (Å²) in [5.41, 5.74) is -0.805. The summed E-state index contributed by atoms with van der Waals surface area (Å²) in [5, 5.41) is 14.0. The van der Waals surface area contributed by atoms with Crippen LogP contribution >= 0.6 is 35.0 Å². The van der Waals surface area contributed by atoms with E-state index in [1.807, 2.05) is 0 Å². The molecule has 3 rings (SSSR count). The molecule has 0 saturated heterocycles. The lowest BCUT2D eigenvalue weighted by atomic mass is 10.3. The minimum Gasteiger partial charge on any atom is -0.497 e. The molecule has 2 N–H and O–H groups in total. The van der Waals surface area contributed by atoms with E-state index in [9.17, 15) is 19.5 Å². The lowest BCUT2D eigenvalue weighted by Crippen LogP contribution is -2.39. The Morgan fingerprint density at radius 3 is 2.29 bits per heavy atom. The SMILES string of the molecule is COc1ccc(N=C(SCC(=O)Nc2cc(Cl)cc(Cl)c2)c2c(O)n(C)c(=O)n(C)c2=O)cc1. The number of rotatable bonds is 6. The van der Waals surface area contributed by atoms with E-state index in [0.717, 1.165) is 20.9 Å². The predicted molar refractivity (Wildman–Crippen MR) is 135 cm³/mol. The summed E-state index contributed by atoms with van der Waals surface area (Å²) >= 11 is 12.9. The molecule has 0 aliphatic heterocycles. The molecule has 1 aromatic heterocycles. The largest absolute Gasteiger partial charge is 0.497 e. The Balaban J connectivity index is 1.97. The van der Waals surface area contributed by atoms with Crippen molar-refractivity contribution >= 4 is 57.3 Å². The van der Waals surface area contributed by atoms with E-state index in [2.05, 4.69) is 10.3 Å². The molecule has 12 heteroatoms. The second kappa shape index (κ2) is 10.8. The van der Waals surface area contributed by atoms with E-state index in [1.54, 1.807) is 24.3 Å². The van der Waals surface area contributed by atoms with Gasteiger partial charge in [0.2, 0.25) is 11.8 Å². The summed E-state index contributed by atoms with van der Waals surface area (Å²) in [4.78, 5) is 42.0. The van der Waals surface area contributed by atoms with E-state index in [0.29, 0.717) is 27.2 Å². The Morgan fingerprint density at radius 1 is 1.09 bits per heavy atom. The normalized spacial score (nSPS) is 11.4.